The van der Waals surface area contributed by atoms with Crippen molar-refractivity contribution in [3.63, 3.8) is 0 Å². The van der Waals surface area contributed by atoms with Crippen LogP contribution in [-0.4, -0.2) is 17.7 Å². The number of anilines is 1. The van der Waals surface area contributed by atoms with Crippen LogP contribution in [-0.2, 0) is 11.2 Å². The van der Waals surface area contributed by atoms with Gasteiger partial charge in [0.1, 0.15) is 5.60 Å². The number of rotatable bonds is 3. The molecular formula is C14H22N2O2. The van der Waals surface area contributed by atoms with Crippen molar-refractivity contribution in [2.75, 3.05) is 5.32 Å². The molecule has 0 aromatic heterocycles. The maximum Gasteiger partial charge on any atom is 0.412 e. The minimum atomic E-state index is -0.493. The van der Waals surface area contributed by atoms with E-state index in [0.717, 1.165) is 17.7 Å². The van der Waals surface area contributed by atoms with E-state index < -0.39 is 11.7 Å². The standard InChI is InChI=1S/C14H22N2O2/c1-10(15)8-11-6-5-7-12(9-11)16-13(17)18-14(2,3)4/h5-7,9-10H,8,15H2,1-4H3,(H,16,17)/t10-/m1/s1. The second-order valence-electron chi connectivity index (χ2n) is 5.51. The first kappa shape index (κ1) is 14.5. The van der Waals surface area contributed by atoms with E-state index in [1.54, 1.807) is 0 Å². The Bertz CT molecular complexity index is 409. The van der Waals surface area contributed by atoms with Crippen LogP contribution in [0.1, 0.15) is 33.3 Å². The maximum atomic E-state index is 11.6. The predicted octanol–water partition coefficient (Wildman–Crippen LogP) is 2.92. The van der Waals surface area contributed by atoms with Gasteiger partial charge >= 0.3 is 6.09 Å². The molecule has 0 aliphatic heterocycles. The highest BCUT2D eigenvalue weighted by molar-refractivity contribution is 5.84. The molecule has 1 amide bonds. The fraction of sp³-hybridized carbons (Fsp3) is 0.500. The molecule has 0 aliphatic rings. The highest BCUT2D eigenvalue weighted by Crippen LogP contribution is 2.14. The fourth-order valence-electron chi connectivity index (χ4n) is 1.57. The molecule has 0 spiro atoms. The molecule has 0 unspecified atom stereocenters. The first-order valence-corrected chi connectivity index (χ1v) is 6.11. The molecule has 1 aromatic rings. The zero-order chi connectivity index (χ0) is 13.8. The summed E-state index contributed by atoms with van der Waals surface area (Å²) in [6.45, 7) is 7.45. The van der Waals surface area contributed by atoms with Crippen molar-refractivity contribution in [3.05, 3.63) is 29.8 Å². The van der Waals surface area contributed by atoms with E-state index in [4.69, 9.17) is 10.5 Å². The Morgan fingerprint density at radius 1 is 1.44 bits per heavy atom. The maximum absolute atomic E-state index is 11.6. The van der Waals surface area contributed by atoms with E-state index in [-0.39, 0.29) is 6.04 Å². The molecule has 18 heavy (non-hydrogen) atoms. The molecule has 0 aliphatic carbocycles. The van der Waals surface area contributed by atoms with Crippen molar-refractivity contribution >= 4 is 11.8 Å². The van der Waals surface area contributed by atoms with Gasteiger partial charge in [0, 0.05) is 11.7 Å². The highest BCUT2D eigenvalue weighted by Gasteiger charge is 2.16. The monoisotopic (exact) mass is 250 g/mol. The van der Waals surface area contributed by atoms with Crippen molar-refractivity contribution < 1.29 is 9.53 Å². The summed E-state index contributed by atoms with van der Waals surface area (Å²) in [7, 11) is 0. The Labute approximate surface area is 109 Å². The molecule has 0 saturated heterocycles. The van der Waals surface area contributed by atoms with E-state index in [1.807, 2.05) is 52.0 Å². The number of nitrogens with two attached hydrogens (primary N) is 1. The molecule has 100 valence electrons. The van der Waals surface area contributed by atoms with Gasteiger partial charge in [0.25, 0.3) is 0 Å². The molecule has 1 aromatic carbocycles. The Morgan fingerprint density at radius 3 is 2.67 bits per heavy atom. The number of hydrogen-bond donors (Lipinski definition) is 2. The number of amides is 1. The summed E-state index contributed by atoms with van der Waals surface area (Å²) < 4.78 is 5.19. The lowest BCUT2D eigenvalue weighted by molar-refractivity contribution is 0.0636. The van der Waals surface area contributed by atoms with E-state index in [0.29, 0.717) is 0 Å². The molecule has 1 rings (SSSR count). The third-order valence-electron chi connectivity index (χ3n) is 2.13. The summed E-state index contributed by atoms with van der Waals surface area (Å²) in [5, 5.41) is 2.71. The van der Waals surface area contributed by atoms with Gasteiger partial charge in [-0.25, -0.2) is 4.79 Å². The minimum absolute atomic E-state index is 0.0989. The molecule has 3 N–H and O–H groups in total. The van der Waals surface area contributed by atoms with Gasteiger partial charge in [-0.15, -0.1) is 0 Å². The molecule has 0 radical (unpaired) electrons. The van der Waals surface area contributed by atoms with Crippen LogP contribution in [0.15, 0.2) is 24.3 Å². The topological polar surface area (TPSA) is 64.3 Å². The van der Waals surface area contributed by atoms with Gasteiger partial charge in [-0.3, -0.25) is 5.32 Å². The minimum Gasteiger partial charge on any atom is -0.444 e. The number of ether oxygens (including phenoxy) is 1. The molecular weight excluding hydrogens is 228 g/mol. The van der Waals surface area contributed by atoms with Crippen molar-refractivity contribution in [3.8, 4) is 0 Å². The number of benzene rings is 1. The SMILES string of the molecule is C[C@@H](N)Cc1cccc(NC(=O)OC(C)(C)C)c1. The lowest BCUT2D eigenvalue weighted by Gasteiger charge is -2.19. The van der Waals surface area contributed by atoms with Gasteiger partial charge in [-0.1, -0.05) is 12.1 Å². The van der Waals surface area contributed by atoms with E-state index in [1.165, 1.54) is 0 Å². The van der Waals surface area contributed by atoms with Crippen LogP contribution in [0, 0.1) is 0 Å². The fourth-order valence-corrected chi connectivity index (χ4v) is 1.57. The Balaban J connectivity index is 2.65. The molecule has 0 bridgehead atoms. The average Bonchev–Trinajstić information content (AvgIpc) is 2.13. The Kier molecular flexibility index (Phi) is 4.73. The molecule has 0 fully saturated rings. The number of carbonyl (C=O) groups is 1. The van der Waals surface area contributed by atoms with Gasteiger partial charge < -0.3 is 10.5 Å². The van der Waals surface area contributed by atoms with Crippen LogP contribution < -0.4 is 11.1 Å². The summed E-state index contributed by atoms with van der Waals surface area (Å²) in [4.78, 5) is 11.6. The lowest BCUT2D eigenvalue weighted by atomic mass is 10.1. The number of hydrogen-bond acceptors (Lipinski definition) is 3. The van der Waals surface area contributed by atoms with Crippen LogP contribution >= 0.6 is 0 Å². The lowest BCUT2D eigenvalue weighted by Crippen LogP contribution is -2.27. The largest absolute Gasteiger partial charge is 0.444 e. The van der Waals surface area contributed by atoms with Crippen LogP contribution in [0.3, 0.4) is 0 Å². The van der Waals surface area contributed by atoms with Crippen molar-refractivity contribution in [2.45, 2.75) is 45.8 Å². The second-order valence-corrected chi connectivity index (χ2v) is 5.51. The van der Waals surface area contributed by atoms with E-state index in [2.05, 4.69) is 5.32 Å². The number of carbonyl (C=O) groups excluding carboxylic acids is 1. The van der Waals surface area contributed by atoms with Gasteiger partial charge in [0.05, 0.1) is 0 Å². The van der Waals surface area contributed by atoms with Gasteiger partial charge in [-0.05, 0) is 51.8 Å². The quantitative estimate of drug-likeness (QED) is 0.867. The first-order valence-electron chi connectivity index (χ1n) is 6.11. The van der Waals surface area contributed by atoms with E-state index in [9.17, 15) is 4.79 Å². The highest BCUT2D eigenvalue weighted by atomic mass is 16.6. The van der Waals surface area contributed by atoms with Crippen LogP contribution in [0.5, 0.6) is 0 Å². The first-order chi connectivity index (χ1) is 8.26. The van der Waals surface area contributed by atoms with Crippen molar-refractivity contribution in [1.82, 2.24) is 0 Å². The summed E-state index contributed by atoms with van der Waals surface area (Å²) in [5.41, 5.74) is 7.07. The molecule has 0 heterocycles. The molecule has 4 heteroatoms. The molecule has 0 saturated carbocycles. The van der Waals surface area contributed by atoms with Crippen LogP contribution in [0.25, 0.3) is 0 Å². The van der Waals surface area contributed by atoms with Gasteiger partial charge in [0.2, 0.25) is 0 Å². The van der Waals surface area contributed by atoms with Gasteiger partial charge in [-0.2, -0.15) is 0 Å². The van der Waals surface area contributed by atoms with Gasteiger partial charge in [0.15, 0.2) is 0 Å². The zero-order valence-electron chi connectivity index (χ0n) is 11.5. The molecule has 4 nitrogen and oxygen atoms in total. The van der Waals surface area contributed by atoms with Crippen LogP contribution in [0.4, 0.5) is 10.5 Å². The summed E-state index contributed by atoms with van der Waals surface area (Å²) in [5.74, 6) is 0. The second kappa shape index (κ2) is 5.87. The summed E-state index contributed by atoms with van der Waals surface area (Å²) >= 11 is 0. The van der Waals surface area contributed by atoms with Crippen LogP contribution in [0.2, 0.25) is 0 Å². The average molecular weight is 250 g/mol. The Hall–Kier alpha value is -1.55. The Morgan fingerprint density at radius 2 is 2.11 bits per heavy atom. The third-order valence-corrected chi connectivity index (χ3v) is 2.13. The number of nitrogens with one attached hydrogen (secondary N) is 1. The normalized spacial score (nSPS) is 12.9. The summed E-state index contributed by atoms with van der Waals surface area (Å²) in [6.07, 6.45) is 0.338. The zero-order valence-corrected chi connectivity index (χ0v) is 11.5. The third kappa shape index (κ3) is 5.68. The predicted molar refractivity (Wildman–Crippen MR) is 73.7 cm³/mol. The summed E-state index contributed by atoms with van der Waals surface area (Å²) in [6, 6.07) is 7.72. The van der Waals surface area contributed by atoms with Crippen molar-refractivity contribution in [2.24, 2.45) is 5.73 Å². The molecule has 1 atom stereocenters. The van der Waals surface area contributed by atoms with E-state index >= 15 is 0 Å². The van der Waals surface area contributed by atoms with Crippen molar-refractivity contribution in [1.29, 1.82) is 0 Å². The smallest absolute Gasteiger partial charge is 0.412 e.